The number of fused-ring (bicyclic) bond motifs is 1. The number of ether oxygens (including phenoxy) is 2. The summed E-state index contributed by atoms with van der Waals surface area (Å²) in [6, 6.07) is 11.0. The Kier molecular flexibility index (Phi) is 6.49. The molecule has 1 aliphatic heterocycles. The Morgan fingerprint density at radius 1 is 1.06 bits per heavy atom. The first-order chi connectivity index (χ1) is 16.2. The molecule has 0 N–H and O–H groups in total. The zero-order valence-corrected chi connectivity index (χ0v) is 19.4. The highest BCUT2D eigenvalue weighted by Crippen LogP contribution is 2.20. The van der Waals surface area contributed by atoms with Crippen LogP contribution in [0.15, 0.2) is 48.8 Å². The fraction of sp³-hybridized carbons (Fsp3) is 0.375. The molecule has 0 unspecified atom stereocenters. The van der Waals surface area contributed by atoms with E-state index in [1.807, 2.05) is 30.3 Å². The summed E-state index contributed by atoms with van der Waals surface area (Å²) in [6.07, 6.45) is 2.01. The molecule has 0 radical (unpaired) electrons. The average molecular weight is 466 g/mol. The molecule has 0 atom stereocenters. The standard InChI is InChI=1S/C24H27N5O5/c1-24(2,3)34-23(32)29-19-9-10-25-13-18(19)26-20(29)14-27-11-12-28(15-21(27)30)22(31)33-16-17-7-5-4-6-8-17/h4-10,13H,11-12,14-16H2,1-3H3. The highest BCUT2D eigenvalue weighted by molar-refractivity contribution is 5.88. The van der Waals surface area contributed by atoms with Crippen molar-refractivity contribution in [3.8, 4) is 0 Å². The van der Waals surface area contributed by atoms with Gasteiger partial charge in [-0.1, -0.05) is 30.3 Å². The molecule has 34 heavy (non-hydrogen) atoms. The first kappa shape index (κ1) is 23.2. The Morgan fingerprint density at radius 2 is 1.82 bits per heavy atom. The second-order valence-electron chi connectivity index (χ2n) is 8.99. The molecule has 0 spiro atoms. The van der Waals surface area contributed by atoms with Gasteiger partial charge in [0, 0.05) is 19.3 Å². The van der Waals surface area contributed by atoms with Crippen LogP contribution in [0.1, 0.15) is 32.2 Å². The van der Waals surface area contributed by atoms with Gasteiger partial charge in [-0.05, 0) is 32.4 Å². The molecule has 0 bridgehead atoms. The zero-order valence-electron chi connectivity index (χ0n) is 19.4. The number of pyridine rings is 1. The van der Waals surface area contributed by atoms with Crippen LogP contribution >= 0.6 is 0 Å². The second kappa shape index (κ2) is 9.50. The van der Waals surface area contributed by atoms with E-state index in [1.54, 1.807) is 44.1 Å². The predicted octanol–water partition coefficient (Wildman–Crippen LogP) is 3.20. The summed E-state index contributed by atoms with van der Waals surface area (Å²) in [7, 11) is 0. The van der Waals surface area contributed by atoms with E-state index in [1.165, 1.54) is 9.47 Å². The molecule has 1 saturated heterocycles. The molecule has 3 heterocycles. The molecule has 0 saturated carbocycles. The quantitative estimate of drug-likeness (QED) is 0.582. The summed E-state index contributed by atoms with van der Waals surface area (Å²) < 4.78 is 12.3. The molecule has 2 amide bonds. The second-order valence-corrected chi connectivity index (χ2v) is 8.99. The topological polar surface area (TPSA) is 107 Å². The molecule has 3 aromatic rings. The third-order valence-corrected chi connectivity index (χ3v) is 5.22. The number of benzene rings is 1. The van der Waals surface area contributed by atoms with Crippen LogP contribution in [0.2, 0.25) is 0 Å². The van der Waals surface area contributed by atoms with E-state index in [9.17, 15) is 14.4 Å². The Bertz CT molecular complexity index is 1200. The van der Waals surface area contributed by atoms with E-state index >= 15 is 0 Å². The number of carbonyl (C=O) groups excluding carboxylic acids is 3. The van der Waals surface area contributed by atoms with Crippen molar-refractivity contribution in [1.29, 1.82) is 0 Å². The van der Waals surface area contributed by atoms with Crippen molar-refractivity contribution in [1.82, 2.24) is 24.3 Å². The van der Waals surface area contributed by atoms with Gasteiger partial charge in [0.25, 0.3) is 0 Å². The van der Waals surface area contributed by atoms with E-state index in [0.29, 0.717) is 23.4 Å². The molecule has 1 aliphatic rings. The summed E-state index contributed by atoms with van der Waals surface area (Å²) >= 11 is 0. The van der Waals surface area contributed by atoms with Gasteiger partial charge in [-0.3, -0.25) is 14.7 Å². The van der Waals surface area contributed by atoms with Crippen molar-refractivity contribution in [2.45, 2.75) is 39.5 Å². The van der Waals surface area contributed by atoms with Gasteiger partial charge in [-0.25, -0.2) is 19.1 Å². The monoisotopic (exact) mass is 465 g/mol. The van der Waals surface area contributed by atoms with Gasteiger partial charge in [0.1, 0.15) is 30.1 Å². The van der Waals surface area contributed by atoms with E-state index < -0.39 is 17.8 Å². The van der Waals surface area contributed by atoms with Gasteiger partial charge in [-0.15, -0.1) is 0 Å². The average Bonchev–Trinajstić information content (AvgIpc) is 3.16. The molecule has 0 aliphatic carbocycles. The lowest BCUT2D eigenvalue weighted by atomic mass is 10.2. The summed E-state index contributed by atoms with van der Waals surface area (Å²) in [5.74, 6) is 0.106. The van der Waals surface area contributed by atoms with Gasteiger partial charge in [0.15, 0.2) is 0 Å². The number of amides is 2. The fourth-order valence-corrected chi connectivity index (χ4v) is 3.61. The molecule has 178 valence electrons. The van der Waals surface area contributed by atoms with Gasteiger partial charge in [0.05, 0.1) is 18.3 Å². The lowest BCUT2D eigenvalue weighted by molar-refractivity contribution is -0.136. The van der Waals surface area contributed by atoms with Crippen molar-refractivity contribution in [2.24, 2.45) is 0 Å². The van der Waals surface area contributed by atoms with Crippen LogP contribution in [0.4, 0.5) is 9.59 Å². The van der Waals surface area contributed by atoms with Crippen LogP contribution in [0.25, 0.3) is 11.0 Å². The van der Waals surface area contributed by atoms with Crippen LogP contribution in [-0.4, -0.2) is 67.7 Å². The highest BCUT2D eigenvalue weighted by atomic mass is 16.6. The fourth-order valence-electron chi connectivity index (χ4n) is 3.61. The Hall–Kier alpha value is -3.95. The minimum Gasteiger partial charge on any atom is -0.445 e. The highest BCUT2D eigenvalue weighted by Gasteiger charge is 2.31. The van der Waals surface area contributed by atoms with Crippen molar-refractivity contribution in [3.63, 3.8) is 0 Å². The van der Waals surface area contributed by atoms with Crippen molar-refractivity contribution >= 4 is 29.1 Å². The number of carbonyl (C=O) groups is 3. The molecule has 10 nitrogen and oxygen atoms in total. The molecule has 2 aromatic heterocycles. The Morgan fingerprint density at radius 3 is 2.53 bits per heavy atom. The van der Waals surface area contributed by atoms with Crippen LogP contribution in [-0.2, 0) is 27.4 Å². The van der Waals surface area contributed by atoms with E-state index in [-0.39, 0.29) is 32.1 Å². The summed E-state index contributed by atoms with van der Waals surface area (Å²) in [4.78, 5) is 49.7. The van der Waals surface area contributed by atoms with Crippen molar-refractivity contribution in [2.75, 3.05) is 19.6 Å². The van der Waals surface area contributed by atoms with Gasteiger partial charge >= 0.3 is 12.2 Å². The molecule has 4 rings (SSSR count). The minimum atomic E-state index is -0.695. The maximum atomic E-state index is 12.9. The normalized spacial score (nSPS) is 14.4. The summed E-state index contributed by atoms with van der Waals surface area (Å²) in [6.45, 7) is 6.08. The number of piperazine rings is 1. The SMILES string of the molecule is CC(C)(C)OC(=O)n1c(CN2CCN(C(=O)OCc3ccccc3)CC2=O)nc2cnccc21. The minimum absolute atomic E-state index is 0.0969. The smallest absolute Gasteiger partial charge is 0.420 e. The van der Waals surface area contributed by atoms with Crippen molar-refractivity contribution < 1.29 is 23.9 Å². The van der Waals surface area contributed by atoms with Crippen LogP contribution in [0.5, 0.6) is 0 Å². The third-order valence-electron chi connectivity index (χ3n) is 5.22. The maximum absolute atomic E-state index is 12.9. The van der Waals surface area contributed by atoms with E-state index in [4.69, 9.17) is 9.47 Å². The summed E-state index contributed by atoms with van der Waals surface area (Å²) in [5, 5.41) is 0. The number of rotatable bonds is 4. The first-order valence-corrected chi connectivity index (χ1v) is 11.0. The lowest BCUT2D eigenvalue weighted by Gasteiger charge is -2.33. The van der Waals surface area contributed by atoms with Gasteiger partial charge in [0.2, 0.25) is 5.91 Å². The maximum Gasteiger partial charge on any atom is 0.420 e. The Labute approximate surface area is 197 Å². The molecule has 10 heteroatoms. The summed E-state index contributed by atoms with van der Waals surface area (Å²) in [5.41, 5.74) is 1.25. The van der Waals surface area contributed by atoms with Crippen LogP contribution in [0, 0.1) is 0 Å². The van der Waals surface area contributed by atoms with Crippen molar-refractivity contribution in [3.05, 3.63) is 60.2 Å². The molecule has 1 fully saturated rings. The van der Waals surface area contributed by atoms with E-state index in [2.05, 4.69) is 9.97 Å². The van der Waals surface area contributed by atoms with Crippen LogP contribution < -0.4 is 0 Å². The number of hydrogen-bond donors (Lipinski definition) is 0. The van der Waals surface area contributed by atoms with Gasteiger partial charge < -0.3 is 14.4 Å². The Balaban J connectivity index is 1.44. The molecular weight excluding hydrogens is 438 g/mol. The number of imidazole rings is 1. The van der Waals surface area contributed by atoms with E-state index in [0.717, 1.165) is 5.56 Å². The lowest BCUT2D eigenvalue weighted by Crippen LogP contribution is -2.52. The first-order valence-electron chi connectivity index (χ1n) is 11.0. The molecular formula is C24H27N5O5. The number of hydrogen-bond acceptors (Lipinski definition) is 7. The largest absolute Gasteiger partial charge is 0.445 e. The molecule has 1 aromatic carbocycles. The number of nitrogens with zero attached hydrogens (tertiary/aromatic N) is 5. The third kappa shape index (κ3) is 5.33. The van der Waals surface area contributed by atoms with Gasteiger partial charge in [-0.2, -0.15) is 0 Å². The van der Waals surface area contributed by atoms with Crippen LogP contribution in [0.3, 0.4) is 0 Å². The number of aromatic nitrogens is 3. The predicted molar refractivity (Wildman–Crippen MR) is 123 cm³/mol. The zero-order chi connectivity index (χ0) is 24.3.